The molecule has 0 aromatic carbocycles. The molecule has 5 N–H and O–H groups in total. The molecule has 0 amide bonds. The van der Waals surface area contributed by atoms with Gasteiger partial charge in [-0.3, -0.25) is 0 Å². The Balaban J connectivity index is 0. The van der Waals surface area contributed by atoms with E-state index in [9.17, 15) is 15.2 Å². The maximum absolute atomic E-state index is 9.53. The van der Waals surface area contributed by atoms with Gasteiger partial charge < -0.3 is 6.15 Å². The molecule has 0 heterocycles. The van der Waals surface area contributed by atoms with Crippen molar-refractivity contribution in [1.29, 1.82) is 0 Å². The summed E-state index contributed by atoms with van der Waals surface area (Å²) in [6.45, 7) is 0. The Bertz CT molecular complexity index is 237. The van der Waals surface area contributed by atoms with Crippen LogP contribution in [0.1, 0.15) is 0 Å². The van der Waals surface area contributed by atoms with Crippen molar-refractivity contribution in [2.24, 2.45) is 0 Å². The molecule has 0 rings (SSSR count). The molecule has 0 aromatic rings. The van der Waals surface area contributed by atoms with Crippen molar-refractivity contribution >= 4 is 0 Å². The quantitative estimate of drug-likeness (QED) is 0.522. The average molecular weight is 235 g/mol. The number of rotatable bonds is 2. The first-order valence-corrected chi connectivity index (χ1v) is 5.63. The topological polar surface area (TPSA) is 153 Å². The Morgan fingerprint density at radius 1 is 0.900 bits per heavy atom. The van der Waals surface area contributed by atoms with Gasteiger partial charge in [0.1, 0.15) is 0 Å². The van der Waals surface area contributed by atoms with Crippen molar-refractivity contribution in [3.8, 4) is 0 Å². The fraction of sp³-hybridized carbons (Fsp3) is 0. The summed E-state index contributed by atoms with van der Waals surface area (Å²) in [6, 6.07) is 0. The number of hydrogen-bond donors (Lipinski definition) is 3. The van der Waals surface area contributed by atoms with Crippen LogP contribution in [0.4, 0.5) is 0 Å². The van der Waals surface area contributed by atoms with Gasteiger partial charge in [0.15, 0.2) is 0 Å². The van der Waals surface area contributed by atoms with Crippen LogP contribution in [0.5, 0.6) is 0 Å². The summed E-state index contributed by atoms with van der Waals surface area (Å²) in [7, 11) is 0. The molecule has 0 saturated carbocycles. The molecule has 10 heavy (non-hydrogen) atoms. The van der Waals surface area contributed by atoms with Gasteiger partial charge in [0.2, 0.25) is 0 Å². The fourth-order valence-electron chi connectivity index (χ4n) is 0.109. The Labute approximate surface area is 60.2 Å². The molecule has 0 fully saturated rings. The first-order chi connectivity index (χ1) is 3.71. The standard InChI is InChI=1S/2Cr.H3N.2H2O.5O/h;;1H3;2*1H2;;;;;/q2*+1;;;;;;;;/p-2. The van der Waals surface area contributed by atoms with Crippen LogP contribution in [0.25, 0.3) is 0 Å². The third-order valence-electron chi connectivity index (χ3n) is 0.172. The Hall–Kier alpha value is 0.105. The predicted octanol–water partition coefficient (Wildman–Crippen LogP) is -1.50. The van der Waals surface area contributed by atoms with E-state index in [1.54, 1.807) is 0 Å². The van der Waals surface area contributed by atoms with Crippen molar-refractivity contribution in [3.63, 3.8) is 0 Å². The minimum absolute atomic E-state index is 0. The van der Waals surface area contributed by atoms with E-state index >= 15 is 0 Å². The van der Waals surface area contributed by atoms with Crippen LogP contribution in [0.3, 0.4) is 0 Å². The van der Waals surface area contributed by atoms with Crippen molar-refractivity contribution < 1.29 is 53.6 Å². The summed E-state index contributed by atoms with van der Waals surface area (Å²) in [5, 5.41) is 0. The van der Waals surface area contributed by atoms with Crippen LogP contribution in [-0.4, -0.2) is 8.32 Å². The monoisotopic (exact) mass is 235 g/mol. The molecule has 0 aliphatic carbocycles. The summed E-state index contributed by atoms with van der Waals surface area (Å²) in [4.78, 5) is 0. The zero-order valence-corrected chi connectivity index (χ0v) is 7.01. The van der Waals surface area contributed by atoms with E-state index < -0.39 is 27.2 Å². The molecule has 0 aliphatic heterocycles. The normalized spacial score (nSPS) is 12.2. The molecule has 0 aliphatic rings. The first kappa shape index (κ1) is 12.8. The molecule has 0 aromatic heterocycles. The van der Waals surface area contributed by atoms with Gasteiger partial charge in [-0.15, -0.1) is 0 Å². The van der Waals surface area contributed by atoms with Crippen LogP contribution in [0, 0.1) is 0 Å². The zero-order chi connectivity index (χ0) is 7.71. The van der Waals surface area contributed by atoms with Gasteiger partial charge in [-0.05, 0) is 0 Å². The molecule has 64 valence electrons. The van der Waals surface area contributed by atoms with E-state index in [-0.39, 0.29) is 6.15 Å². The van der Waals surface area contributed by atoms with E-state index in [0.29, 0.717) is 0 Å². The molecule has 8 nitrogen and oxygen atoms in total. The minimum atomic E-state index is -5.76. The Kier molecular flexibility index (Phi) is 4.44. The van der Waals surface area contributed by atoms with Crippen molar-refractivity contribution in [2.75, 3.05) is 0 Å². The van der Waals surface area contributed by atoms with Crippen LogP contribution in [0.15, 0.2) is 0 Å². The molecule has 0 radical (unpaired) electrons. The first-order valence-electron chi connectivity index (χ1n) is 1.37. The van der Waals surface area contributed by atoms with E-state index in [4.69, 9.17) is 8.32 Å². The molecule has 0 atom stereocenters. The van der Waals surface area contributed by atoms with Crippen LogP contribution in [-0.2, 0) is 45.3 Å². The summed E-state index contributed by atoms with van der Waals surface area (Å²) in [5.41, 5.74) is 0. The molecule has 10 heteroatoms. The fourth-order valence-corrected chi connectivity index (χ4v) is 1.85. The van der Waals surface area contributed by atoms with Gasteiger partial charge in [0.05, 0.1) is 0 Å². The number of hydrogen-bond acceptors (Lipinski definition) is 6. The Morgan fingerprint density at radius 2 is 1.10 bits per heavy atom. The molecule has 0 spiro atoms. The zero-order valence-electron chi connectivity index (χ0n) is 4.46. The van der Waals surface area contributed by atoms with Crippen molar-refractivity contribution in [2.45, 2.75) is 0 Å². The molecule has 0 unspecified atom stereocenters. The van der Waals surface area contributed by atoms with Gasteiger partial charge in [-0.25, -0.2) is 0 Å². The molecular weight excluding hydrogens is 230 g/mol. The summed E-state index contributed by atoms with van der Waals surface area (Å²) < 4.78 is 56.3. The molecule has 0 saturated heterocycles. The summed E-state index contributed by atoms with van der Waals surface area (Å²) >= 11 is -11.5. The second-order valence-electron chi connectivity index (χ2n) is 0.924. The molecule has 0 bridgehead atoms. The SMILES string of the molecule is N.[O]=[Cr](=[O])([OH])[O][Cr](=[O])(=[O])[OH]. The van der Waals surface area contributed by atoms with Crippen LogP contribution >= 0.6 is 0 Å². The third-order valence-corrected chi connectivity index (χ3v) is 2.92. The van der Waals surface area contributed by atoms with Gasteiger partial charge in [0.25, 0.3) is 0 Å². The maximum atomic E-state index is 9.53. The van der Waals surface area contributed by atoms with Gasteiger partial charge in [-0.2, -0.15) is 0 Å². The predicted molar refractivity (Wildman–Crippen MR) is 13.3 cm³/mol. The second kappa shape index (κ2) is 3.48. The summed E-state index contributed by atoms with van der Waals surface area (Å²) in [5.74, 6) is 0. The average Bonchev–Trinajstić information content (AvgIpc) is 1.14. The van der Waals surface area contributed by atoms with Crippen molar-refractivity contribution in [3.05, 3.63) is 0 Å². The van der Waals surface area contributed by atoms with E-state index in [1.807, 2.05) is 0 Å². The third kappa shape index (κ3) is 11.0. The van der Waals surface area contributed by atoms with Gasteiger partial charge in [0, 0.05) is 0 Å². The van der Waals surface area contributed by atoms with E-state index in [1.165, 1.54) is 0 Å². The second-order valence-corrected chi connectivity index (χ2v) is 4.68. The van der Waals surface area contributed by atoms with Gasteiger partial charge in [-0.1, -0.05) is 0 Å². The molecular formula is H5Cr2NO7. The van der Waals surface area contributed by atoms with E-state index in [0.717, 1.165) is 0 Å². The Morgan fingerprint density at radius 3 is 1.10 bits per heavy atom. The van der Waals surface area contributed by atoms with Crippen LogP contribution < -0.4 is 6.15 Å². The summed E-state index contributed by atoms with van der Waals surface area (Å²) in [6.07, 6.45) is 0. The van der Waals surface area contributed by atoms with Gasteiger partial charge >= 0.3 is 53.6 Å². The van der Waals surface area contributed by atoms with E-state index in [2.05, 4.69) is 2.84 Å². The van der Waals surface area contributed by atoms with Crippen molar-refractivity contribution in [1.82, 2.24) is 6.15 Å². The van der Waals surface area contributed by atoms with Crippen LogP contribution in [0.2, 0.25) is 0 Å².